The van der Waals surface area contributed by atoms with Crippen molar-refractivity contribution >= 4 is 12.4 Å². The Morgan fingerprint density at radius 1 is 1.39 bits per heavy atom. The lowest BCUT2D eigenvalue weighted by Crippen LogP contribution is -2.42. The Balaban J connectivity index is 2.07. The van der Waals surface area contributed by atoms with Crippen LogP contribution in [0.2, 0.25) is 0 Å². The van der Waals surface area contributed by atoms with Crippen LogP contribution in [-0.2, 0) is 19.0 Å². The molecule has 2 saturated heterocycles. The molecule has 1 atom stereocenters. The van der Waals surface area contributed by atoms with Crippen LogP contribution < -0.4 is 0 Å². The lowest BCUT2D eigenvalue weighted by atomic mass is 10.2. The fourth-order valence-corrected chi connectivity index (χ4v) is 2.22. The molecular weight excluding hydrogens is 238 g/mol. The minimum atomic E-state index is -0.817. The van der Waals surface area contributed by atoms with Gasteiger partial charge in [0.1, 0.15) is 11.9 Å². The molecule has 0 aromatic heterocycles. The average molecular weight is 257 g/mol. The first-order valence-electron chi connectivity index (χ1n) is 6.08. The second-order valence-electron chi connectivity index (χ2n) is 5.62. The van der Waals surface area contributed by atoms with Crippen LogP contribution in [0, 0.1) is 0 Å². The third kappa shape index (κ3) is 2.64. The van der Waals surface area contributed by atoms with Crippen LogP contribution in [0.5, 0.6) is 0 Å². The maximum Gasteiger partial charge on any atom is 0.411 e. The molecule has 0 saturated carbocycles. The summed E-state index contributed by atoms with van der Waals surface area (Å²) in [6.07, 6.45) is 0.606. The van der Waals surface area contributed by atoms with Gasteiger partial charge in [-0.1, -0.05) is 0 Å². The topological polar surface area (TPSA) is 65.1 Å². The van der Waals surface area contributed by atoms with Crippen molar-refractivity contribution in [3.05, 3.63) is 0 Å². The highest BCUT2D eigenvalue weighted by molar-refractivity contribution is 5.74. The molecule has 2 heterocycles. The molecule has 2 aliphatic heterocycles. The summed E-state index contributed by atoms with van der Waals surface area (Å²) in [6, 6.07) is -0.544. The zero-order chi connectivity index (χ0) is 13.4. The monoisotopic (exact) mass is 257 g/mol. The molecule has 2 fully saturated rings. The van der Waals surface area contributed by atoms with Crippen LogP contribution in [0.3, 0.4) is 0 Å². The number of likely N-dealkylation sites (tertiary alicyclic amines) is 1. The van der Waals surface area contributed by atoms with E-state index in [4.69, 9.17) is 14.2 Å². The van der Waals surface area contributed by atoms with E-state index in [2.05, 4.69) is 0 Å². The summed E-state index contributed by atoms with van der Waals surface area (Å²) >= 11 is 0. The highest BCUT2D eigenvalue weighted by Crippen LogP contribution is 2.34. The second kappa shape index (κ2) is 4.51. The number of rotatable bonds is 1. The van der Waals surface area contributed by atoms with E-state index in [0.717, 1.165) is 6.29 Å². The standard InChI is InChI=1S/C12H19NO5/c1-11(2,3)18-10(15)13-8-12(6-9(13)7-14)16-4-5-17-12/h7,9H,4-6,8H2,1-3H3/t9-/m0/s1. The number of amides is 1. The van der Waals surface area contributed by atoms with Gasteiger partial charge in [-0.2, -0.15) is 0 Å². The predicted molar refractivity (Wildman–Crippen MR) is 62.0 cm³/mol. The number of carbonyl (C=O) groups excluding carboxylic acids is 2. The highest BCUT2D eigenvalue weighted by atomic mass is 16.7. The van der Waals surface area contributed by atoms with E-state index in [0.29, 0.717) is 19.6 Å². The molecule has 0 aliphatic carbocycles. The fraction of sp³-hybridized carbons (Fsp3) is 0.833. The lowest BCUT2D eigenvalue weighted by molar-refractivity contribution is -0.145. The number of hydrogen-bond donors (Lipinski definition) is 0. The molecule has 0 bridgehead atoms. The van der Waals surface area contributed by atoms with Gasteiger partial charge in [0, 0.05) is 6.42 Å². The summed E-state index contributed by atoms with van der Waals surface area (Å²) in [7, 11) is 0. The first kappa shape index (κ1) is 13.3. The largest absolute Gasteiger partial charge is 0.444 e. The van der Waals surface area contributed by atoms with Crippen molar-refractivity contribution in [3.8, 4) is 0 Å². The summed E-state index contributed by atoms with van der Waals surface area (Å²) in [5.41, 5.74) is -0.586. The van der Waals surface area contributed by atoms with Crippen LogP contribution in [-0.4, -0.2) is 54.5 Å². The van der Waals surface area contributed by atoms with Crippen molar-refractivity contribution in [2.75, 3.05) is 19.8 Å². The van der Waals surface area contributed by atoms with Gasteiger partial charge in [-0.25, -0.2) is 4.79 Å². The highest BCUT2D eigenvalue weighted by Gasteiger charge is 2.51. The quantitative estimate of drug-likeness (QED) is 0.654. The second-order valence-corrected chi connectivity index (χ2v) is 5.62. The Kier molecular flexibility index (Phi) is 3.33. The molecule has 0 unspecified atom stereocenters. The number of carbonyl (C=O) groups is 2. The minimum Gasteiger partial charge on any atom is -0.444 e. The van der Waals surface area contributed by atoms with Crippen molar-refractivity contribution in [3.63, 3.8) is 0 Å². The van der Waals surface area contributed by atoms with Crippen molar-refractivity contribution in [1.29, 1.82) is 0 Å². The van der Waals surface area contributed by atoms with Crippen molar-refractivity contribution in [2.45, 2.75) is 44.6 Å². The summed E-state index contributed by atoms with van der Waals surface area (Å²) in [5.74, 6) is -0.817. The van der Waals surface area contributed by atoms with Gasteiger partial charge in [-0.15, -0.1) is 0 Å². The Morgan fingerprint density at radius 3 is 2.50 bits per heavy atom. The molecule has 102 valence electrons. The van der Waals surface area contributed by atoms with E-state index in [1.54, 1.807) is 20.8 Å². The normalized spacial score (nSPS) is 26.6. The van der Waals surface area contributed by atoms with Crippen LogP contribution in [0.15, 0.2) is 0 Å². The summed E-state index contributed by atoms with van der Waals surface area (Å²) in [5, 5.41) is 0. The fourth-order valence-electron chi connectivity index (χ4n) is 2.22. The average Bonchev–Trinajstić information content (AvgIpc) is 2.84. The van der Waals surface area contributed by atoms with Gasteiger partial charge in [0.05, 0.1) is 25.8 Å². The summed E-state index contributed by atoms with van der Waals surface area (Å²) in [6.45, 7) is 6.59. The molecule has 2 aliphatic rings. The van der Waals surface area contributed by atoms with E-state index in [1.807, 2.05) is 0 Å². The van der Waals surface area contributed by atoms with E-state index in [1.165, 1.54) is 4.90 Å². The van der Waals surface area contributed by atoms with Crippen LogP contribution in [0.4, 0.5) is 4.79 Å². The number of nitrogens with zero attached hydrogens (tertiary/aromatic N) is 1. The smallest absolute Gasteiger partial charge is 0.411 e. The number of hydrogen-bond acceptors (Lipinski definition) is 5. The van der Waals surface area contributed by atoms with Crippen LogP contribution in [0.25, 0.3) is 0 Å². The summed E-state index contributed by atoms with van der Waals surface area (Å²) < 4.78 is 16.3. The maximum atomic E-state index is 12.0. The number of aldehydes is 1. The van der Waals surface area contributed by atoms with Gasteiger partial charge in [0.25, 0.3) is 0 Å². The van der Waals surface area contributed by atoms with Gasteiger partial charge in [-0.05, 0) is 20.8 Å². The zero-order valence-electron chi connectivity index (χ0n) is 11.0. The molecule has 2 rings (SSSR count). The third-order valence-electron chi connectivity index (χ3n) is 2.93. The predicted octanol–water partition coefficient (Wildman–Crippen LogP) is 0.938. The van der Waals surface area contributed by atoms with Gasteiger partial charge in [0.2, 0.25) is 0 Å². The Morgan fingerprint density at radius 2 is 2.00 bits per heavy atom. The zero-order valence-corrected chi connectivity index (χ0v) is 11.0. The van der Waals surface area contributed by atoms with Crippen LogP contribution in [0.1, 0.15) is 27.2 Å². The van der Waals surface area contributed by atoms with Crippen molar-refractivity contribution < 1.29 is 23.8 Å². The molecule has 6 heteroatoms. The SMILES string of the molecule is CC(C)(C)OC(=O)N1CC2(C[C@H]1C=O)OCCO2. The molecule has 6 nitrogen and oxygen atoms in total. The Hall–Kier alpha value is -1.14. The molecular formula is C12H19NO5. The van der Waals surface area contributed by atoms with Crippen molar-refractivity contribution in [2.24, 2.45) is 0 Å². The molecule has 18 heavy (non-hydrogen) atoms. The van der Waals surface area contributed by atoms with E-state index in [9.17, 15) is 9.59 Å². The Labute approximate surface area is 106 Å². The van der Waals surface area contributed by atoms with Gasteiger partial charge < -0.3 is 19.0 Å². The summed E-state index contributed by atoms with van der Waals surface area (Å²) in [4.78, 5) is 24.4. The molecule has 0 radical (unpaired) electrons. The molecule has 0 N–H and O–H groups in total. The Bertz CT molecular complexity index is 343. The number of ether oxygens (including phenoxy) is 3. The van der Waals surface area contributed by atoms with E-state index in [-0.39, 0.29) is 6.54 Å². The molecule has 1 spiro atoms. The van der Waals surface area contributed by atoms with Crippen molar-refractivity contribution in [1.82, 2.24) is 4.90 Å². The lowest BCUT2D eigenvalue weighted by Gasteiger charge is -2.27. The first-order chi connectivity index (χ1) is 8.35. The molecule has 0 aromatic rings. The van der Waals surface area contributed by atoms with E-state index < -0.39 is 23.5 Å². The minimum absolute atomic E-state index is 0.241. The van der Waals surface area contributed by atoms with Crippen LogP contribution >= 0.6 is 0 Å². The van der Waals surface area contributed by atoms with Gasteiger partial charge in [0.15, 0.2) is 5.79 Å². The molecule has 1 amide bonds. The molecule has 0 aromatic carbocycles. The van der Waals surface area contributed by atoms with Gasteiger partial charge >= 0.3 is 6.09 Å². The third-order valence-corrected chi connectivity index (χ3v) is 2.93. The first-order valence-corrected chi connectivity index (χ1v) is 6.08. The van der Waals surface area contributed by atoms with Gasteiger partial charge in [-0.3, -0.25) is 4.90 Å². The maximum absolute atomic E-state index is 12.0. The van der Waals surface area contributed by atoms with E-state index >= 15 is 0 Å².